The first-order chi connectivity index (χ1) is 5.30. The van der Waals surface area contributed by atoms with Crippen LogP contribution in [0.2, 0.25) is 0 Å². The van der Waals surface area contributed by atoms with E-state index in [1.165, 1.54) is 0 Å². The smallest absolute Gasteiger partial charge is 0.219 e. The van der Waals surface area contributed by atoms with E-state index in [1.807, 2.05) is 11.0 Å². The topological polar surface area (TPSA) is 32.3 Å². The highest BCUT2D eigenvalue weighted by Gasteiger charge is 2.06. The van der Waals surface area contributed by atoms with Crippen molar-refractivity contribution in [2.45, 2.75) is 6.92 Å². The van der Waals surface area contributed by atoms with E-state index >= 15 is 0 Å². The van der Waals surface area contributed by atoms with Crippen molar-refractivity contribution in [2.24, 2.45) is 0 Å². The molecule has 1 rings (SSSR count). The van der Waals surface area contributed by atoms with Crippen molar-refractivity contribution >= 4 is 5.91 Å². The van der Waals surface area contributed by atoms with E-state index in [1.54, 1.807) is 6.92 Å². The Bertz CT molecular complexity index is 165. The molecule has 0 aliphatic carbocycles. The maximum absolute atomic E-state index is 10.9. The number of nitrogens with zero attached hydrogens (tertiary/aromatic N) is 1. The Morgan fingerprint density at radius 1 is 1.55 bits per heavy atom. The molecule has 1 heterocycles. The normalized spacial score (nSPS) is 22.1. The van der Waals surface area contributed by atoms with Crippen LogP contribution in [0.4, 0.5) is 0 Å². The minimum absolute atomic E-state index is 0.151. The predicted molar refractivity (Wildman–Crippen MR) is 44.3 cm³/mol. The fourth-order valence-electron chi connectivity index (χ4n) is 1.06. The molecular formula is C8H14N2O. The van der Waals surface area contributed by atoms with E-state index < -0.39 is 0 Å². The van der Waals surface area contributed by atoms with Gasteiger partial charge in [0.15, 0.2) is 0 Å². The second kappa shape index (κ2) is 4.13. The molecule has 1 aliphatic rings. The highest BCUT2D eigenvalue weighted by atomic mass is 16.2. The average molecular weight is 154 g/mol. The maximum Gasteiger partial charge on any atom is 0.219 e. The van der Waals surface area contributed by atoms with Gasteiger partial charge in [0.05, 0.1) is 0 Å². The molecule has 0 saturated carbocycles. The molecule has 3 nitrogen and oxygen atoms in total. The summed E-state index contributed by atoms with van der Waals surface area (Å²) in [6.07, 6.45) is 4.07. The molecule has 0 fully saturated rings. The van der Waals surface area contributed by atoms with E-state index in [0.29, 0.717) is 0 Å². The summed E-state index contributed by atoms with van der Waals surface area (Å²) >= 11 is 0. The molecule has 0 saturated heterocycles. The van der Waals surface area contributed by atoms with Crippen molar-refractivity contribution in [3.05, 3.63) is 12.2 Å². The molecule has 0 aromatic heterocycles. The molecular weight excluding hydrogens is 140 g/mol. The summed E-state index contributed by atoms with van der Waals surface area (Å²) in [6.45, 7) is 5.00. The first-order valence-electron chi connectivity index (χ1n) is 3.92. The van der Waals surface area contributed by atoms with Gasteiger partial charge in [-0.1, -0.05) is 12.2 Å². The third-order valence-corrected chi connectivity index (χ3v) is 1.76. The lowest BCUT2D eigenvalue weighted by atomic mass is 10.3. The quantitative estimate of drug-likeness (QED) is 0.498. The SMILES string of the molecule is CC(=O)N1C/C=C/CNCC1. The molecule has 62 valence electrons. The molecule has 0 unspecified atom stereocenters. The minimum Gasteiger partial charge on any atom is -0.338 e. The van der Waals surface area contributed by atoms with Gasteiger partial charge >= 0.3 is 0 Å². The van der Waals surface area contributed by atoms with Crippen molar-refractivity contribution in [1.29, 1.82) is 0 Å². The highest BCUT2D eigenvalue weighted by Crippen LogP contribution is 1.91. The Labute approximate surface area is 67.1 Å². The standard InChI is InChI=1S/C8H14N2O/c1-8(11)10-6-3-2-4-9-5-7-10/h2-3,9H,4-7H2,1H3/b3-2+. The van der Waals surface area contributed by atoms with Gasteiger partial charge in [0, 0.05) is 33.1 Å². The van der Waals surface area contributed by atoms with Gasteiger partial charge in [-0.3, -0.25) is 4.79 Å². The first kappa shape index (κ1) is 8.27. The molecule has 0 atom stereocenters. The predicted octanol–water partition coefficient (Wildman–Crippen LogP) is -0.00570. The summed E-state index contributed by atoms with van der Waals surface area (Å²) in [5.74, 6) is 0.151. The number of carbonyl (C=O) groups excluding carboxylic acids is 1. The van der Waals surface area contributed by atoms with Crippen LogP contribution in [-0.4, -0.2) is 37.0 Å². The van der Waals surface area contributed by atoms with Gasteiger partial charge in [0.1, 0.15) is 0 Å². The molecule has 0 spiro atoms. The molecule has 0 bridgehead atoms. The van der Waals surface area contributed by atoms with Crippen LogP contribution in [0.15, 0.2) is 12.2 Å². The average Bonchev–Trinajstić information content (AvgIpc) is 1.84. The van der Waals surface area contributed by atoms with Gasteiger partial charge in [0.25, 0.3) is 0 Å². The Morgan fingerprint density at radius 2 is 2.36 bits per heavy atom. The number of rotatable bonds is 0. The van der Waals surface area contributed by atoms with E-state index in [9.17, 15) is 4.79 Å². The van der Waals surface area contributed by atoms with Crippen molar-refractivity contribution in [3.8, 4) is 0 Å². The van der Waals surface area contributed by atoms with Crippen molar-refractivity contribution < 1.29 is 4.79 Å². The molecule has 1 aliphatic heterocycles. The van der Waals surface area contributed by atoms with Gasteiger partial charge in [-0.05, 0) is 0 Å². The third kappa shape index (κ3) is 2.72. The van der Waals surface area contributed by atoms with Gasteiger partial charge in [-0.15, -0.1) is 0 Å². The van der Waals surface area contributed by atoms with Crippen molar-refractivity contribution in [1.82, 2.24) is 10.2 Å². The Hall–Kier alpha value is -0.830. The summed E-state index contributed by atoms with van der Waals surface area (Å²) in [7, 11) is 0. The van der Waals surface area contributed by atoms with Crippen LogP contribution >= 0.6 is 0 Å². The molecule has 1 amide bonds. The Balaban J connectivity index is 2.45. The van der Waals surface area contributed by atoms with E-state index in [4.69, 9.17) is 0 Å². The number of amides is 1. The number of hydrogen-bond donors (Lipinski definition) is 1. The van der Waals surface area contributed by atoms with Crippen LogP contribution in [-0.2, 0) is 4.79 Å². The van der Waals surface area contributed by atoms with Crippen LogP contribution in [0, 0.1) is 0 Å². The number of nitrogens with one attached hydrogen (secondary N) is 1. The molecule has 0 aromatic carbocycles. The maximum atomic E-state index is 10.9. The van der Waals surface area contributed by atoms with E-state index in [2.05, 4.69) is 11.4 Å². The van der Waals surface area contributed by atoms with Crippen LogP contribution in [0.3, 0.4) is 0 Å². The fourth-order valence-corrected chi connectivity index (χ4v) is 1.06. The summed E-state index contributed by atoms with van der Waals surface area (Å²) < 4.78 is 0. The lowest BCUT2D eigenvalue weighted by molar-refractivity contribution is -0.128. The van der Waals surface area contributed by atoms with Crippen LogP contribution in [0.5, 0.6) is 0 Å². The second-order valence-electron chi connectivity index (χ2n) is 2.64. The fraction of sp³-hybridized carbons (Fsp3) is 0.625. The van der Waals surface area contributed by atoms with Crippen molar-refractivity contribution in [3.63, 3.8) is 0 Å². The monoisotopic (exact) mass is 154 g/mol. The molecule has 11 heavy (non-hydrogen) atoms. The first-order valence-corrected chi connectivity index (χ1v) is 3.92. The van der Waals surface area contributed by atoms with E-state index in [0.717, 1.165) is 26.2 Å². The molecule has 0 aromatic rings. The number of carbonyl (C=O) groups is 1. The Morgan fingerprint density at radius 3 is 3.09 bits per heavy atom. The largest absolute Gasteiger partial charge is 0.338 e. The number of hydrogen-bond acceptors (Lipinski definition) is 2. The molecule has 0 radical (unpaired) electrons. The lowest BCUT2D eigenvalue weighted by Crippen LogP contribution is -2.37. The van der Waals surface area contributed by atoms with Crippen molar-refractivity contribution in [2.75, 3.05) is 26.2 Å². The zero-order chi connectivity index (χ0) is 8.10. The van der Waals surface area contributed by atoms with Gasteiger partial charge < -0.3 is 10.2 Å². The molecule has 3 heteroatoms. The second-order valence-corrected chi connectivity index (χ2v) is 2.64. The third-order valence-electron chi connectivity index (χ3n) is 1.76. The zero-order valence-corrected chi connectivity index (χ0v) is 6.84. The Kier molecular flexibility index (Phi) is 3.11. The van der Waals surface area contributed by atoms with Crippen LogP contribution < -0.4 is 5.32 Å². The summed E-state index contributed by atoms with van der Waals surface area (Å²) in [4.78, 5) is 12.8. The molecule has 1 N–H and O–H groups in total. The van der Waals surface area contributed by atoms with Crippen LogP contribution in [0.1, 0.15) is 6.92 Å². The van der Waals surface area contributed by atoms with Crippen LogP contribution in [0.25, 0.3) is 0 Å². The summed E-state index contributed by atoms with van der Waals surface area (Å²) in [5, 5.41) is 3.19. The summed E-state index contributed by atoms with van der Waals surface area (Å²) in [6, 6.07) is 0. The van der Waals surface area contributed by atoms with Gasteiger partial charge in [-0.2, -0.15) is 0 Å². The lowest BCUT2D eigenvalue weighted by Gasteiger charge is -2.20. The van der Waals surface area contributed by atoms with Gasteiger partial charge in [0.2, 0.25) is 5.91 Å². The highest BCUT2D eigenvalue weighted by molar-refractivity contribution is 5.73. The summed E-state index contributed by atoms with van der Waals surface area (Å²) in [5.41, 5.74) is 0. The minimum atomic E-state index is 0.151. The zero-order valence-electron chi connectivity index (χ0n) is 6.84. The van der Waals surface area contributed by atoms with Gasteiger partial charge in [-0.25, -0.2) is 0 Å². The van der Waals surface area contributed by atoms with E-state index in [-0.39, 0.29) is 5.91 Å².